The van der Waals surface area contributed by atoms with Crippen molar-refractivity contribution in [2.45, 2.75) is 24.8 Å². The van der Waals surface area contributed by atoms with Crippen LogP contribution in [0, 0.1) is 0 Å². The zero-order valence-corrected chi connectivity index (χ0v) is 8.84. The number of benzene rings is 1. The number of rotatable bonds is 0. The first kappa shape index (κ1) is 7.74. The number of hydrogen-bond acceptors (Lipinski definition) is 1. The van der Waals surface area contributed by atoms with Crippen LogP contribution >= 0.6 is 15.9 Å². The van der Waals surface area contributed by atoms with Crippen LogP contribution in [0.5, 0.6) is 0 Å². The second-order valence-electron chi connectivity index (χ2n) is 3.90. The Bertz CT molecular complexity index is 391. The molecule has 1 aromatic carbocycles. The molecule has 3 rings (SSSR count). The largest absolute Gasteiger partial charge is 0.292 e. The molecule has 0 aromatic heterocycles. The molecule has 1 fully saturated rings. The maximum absolute atomic E-state index is 4.43. The van der Waals surface area contributed by atoms with Gasteiger partial charge in [-0.15, -0.1) is 0 Å². The van der Waals surface area contributed by atoms with Crippen molar-refractivity contribution in [3.8, 4) is 0 Å². The first-order chi connectivity index (χ1) is 6.32. The van der Waals surface area contributed by atoms with Crippen molar-refractivity contribution in [2.24, 2.45) is 4.99 Å². The third-order valence-corrected chi connectivity index (χ3v) is 3.65. The van der Waals surface area contributed by atoms with E-state index in [2.05, 4.69) is 45.3 Å². The van der Waals surface area contributed by atoms with Crippen LogP contribution in [0.4, 0.5) is 0 Å². The molecule has 2 heteroatoms. The van der Waals surface area contributed by atoms with E-state index in [9.17, 15) is 0 Å². The fourth-order valence-corrected chi connectivity index (χ4v) is 2.96. The SMILES string of the molecule is Brc1cccc2c1C1(C=NC2)CC1. The molecule has 1 spiro atoms. The maximum atomic E-state index is 4.43. The Morgan fingerprint density at radius 3 is 2.92 bits per heavy atom. The summed E-state index contributed by atoms with van der Waals surface area (Å²) in [6, 6.07) is 6.43. The van der Waals surface area contributed by atoms with Crippen LogP contribution in [-0.4, -0.2) is 6.21 Å². The number of hydrogen-bond donors (Lipinski definition) is 0. The summed E-state index contributed by atoms with van der Waals surface area (Å²) in [5.41, 5.74) is 3.20. The highest BCUT2D eigenvalue weighted by Crippen LogP contribution is 2.51. The average molecular weight is 236 g/mol. The lowest BCUT2D eigenvalue weighted by molar-refractivity contribution is 0.862. The minimum atomic E-state index is 0.313. The van der Waals surface area contributed by atoms with E-state index in [1.54, 1.807) is 0 Å². The molecule has 0 amide bonds. The second kappa shape index (κ2) is 2.44. The highest BCUT2D eigenvalue weighted by molar-refractivity contribution is 9.10. The first-order valence-electron chi connectivity index (χ1n) is 4.61. The van der Waals surface area contributed by atoms with Crippen LogP contribution in [0.15, 0.2) is 27.7 Å². The summed E-state index contributed by atoms with van der Waals surface area (Å²) in [7, 11) is 0. The Balaban J connectivity index is 2.26. The van der Waals surface area contributed by atoms with Gasteiger partial charge in [0.25, 0.3) is 0 Å². The van der Waals surface area contributed by atoms with E-state index < -0.39 is 0 Å². The second-order valence-corrected chi connectivity index (χ2v) is 4.75. The van der Waals surface area contributed by atoms with Gasteiger partial charge in [0.05, 0.1) is 6.54 Å². The Kier molecular flexibility index (Phi) is 1.46. The molecule has 1 saturated carbocycles. The molecule has 1 nitrogen and oxygen atoms in total. The Morgan fingerprint density at radius 2 is 2.15 bits per heavy atom. The molecule has 1 heterocycles. The third-order valence-electron chi connectivity index (χ3n) is 2.99. The fourth-order valence-electron chi connectivity index (χ4n) is 2.16. The Labute approximate surface area is 86.0 Å². The third kappa shape index (κ3) is 1.01. The summed E-state index contributed by atoms with van der Waals surface area (Å²) < 4.78 is 1.26. The zero-order valence-electron chi connectivity index (χ0n) is 7.26. The fraction of sp³-hybridized carbons (Fsp3) is 0.364. The standard InChI is InChI=1S/C11H10BrN/c12-9-3-1-2-8-6-13-7-11(4-5-11)10(8)9/h1-3,7H,4-6H2. The monoisotopic (exact) mass is 235 g/mol. The zero-order chi connectivity index (χ0) is 8.89. The van der Waals surface area contributed by atoms with Crippen LogP contribution in [0.3, 0.4) is 0 Å². The summed E-state index contributed by atoms with van der Waals surface area (Å²) in [6.45, 7) is 0.858. The molecular formula is C11H10BrN. The Morgan fingerprint density at radius 1 is 1.31 bits per heavy atom. The highest BCUT2D eigenvalue weighted by Gasteiger charge is 2.46. The summed E-state index contributed by atoms with van der Waals surface area (Å²) in [4.78, 5) is 4.43. The first-order valence-corrected chi connectivity index (χ1v) is 5.40. The van der Waals surface area contributed by atoms with Crippen molar-refractivity contribution < 1.29 is 0 Å². The van der Waals surface area contributed by atoms with E-state index in [0.29, 0.717) is 5.41 Å². The molecule has 0 unspecified atom stereocenters. The summed E-state index contributed by atoms with van der Waals surface area (Å²) in [5, 5.41) is 0. The van der Waals surface area contributed by atoms with Crippen LogP contribution in [0.2, 0.25) is 0 Å². The lowest BCUT2D eigenvalue weighted by Gasteiger charge is -2.20. The van der Waals surface area contributed by atoms with Crippen molar-refractivity contribution in [1.82, 2.24) is 0 Å². The van der Waals surface area contributed by atoms with Crippen molar-refractivity contribution in [3.05, 3.63) is 33.8 Å². The molecule has 1 aliphatic heterocycles. The lowest BCUT2D eigenvalue weighted by atomic mass is 9.90. The molecule has 1 aliphatic carbocycles. The predicted molar refractivity (Wildman–Crippen MR) is 57.3 cm³/mol. The highest BCUT2D eigenvalue weighted by atomic mass is 79.9. The van der Waals surface area contributed by atoms with Gasteiger partial charge < -0.3 is 0 Å². The van der Waals surface area contributed by atoms with Gasteiger partial charge in [-0.05, 0) is 30.0 Å². The van der Waals surface area contributed by atoms with Crippen molar-refractivity contribution in [3.63, 3.8) is 0 Å². The number of aliphatic imine (C=N–C) groups is 1. The number of halogens is 1. The number of fused-ring (bicyclic) bond motifs is 2. The van der Waals surface area contributed by atoms with Crippen LogP contribution in [-0.2, 0) is 12.0 Å². The van der Waals surface area contributed by atoms with E-state index >= 15 is 0 Å². The minimum Gasteiger partial charge on any atom is -0.292 e. The lowest BCUT2D eigenvalue weighted by Crippen LogP contribution is -2.16. The van der Waals surface area contributed by atoms with Gasteiger partial charge in [-0.3, -0.25) is 4.99 Å². The molecule has 66 valence electrons. The van der Waals surface area contributed by atoms with Gasteiger partial charge in [0.2, 0.25) is 0 Å². The van der Waals surface area contributed by atoms with Crippen LogP contribution in [0.25, 0.3) is 0 Å². The van der Waals surface area contributed by atoms with Gasteiger partial charge in [0.15, 0.2) is 0 Å². The molecule has 2 aliphatic rings. The van der Waals surface area contributed by atoms with Gasteiger partial charge in [0.1, 0.15) is 0 Å². The van der Waals surface area contributed by atoms with Gasteiger partial charge >= 0.3 is 0 Å². The molecule has 0 bridgehead atoms. The smallest absolute Gasteiger partial charge is 0.0639 e. The van der Waals surface area contributed by atoms with Crippen molar-refractivity contribution in [1.29, 1.82) is 0 Å². The van der Waals surface area contributed by atoms with E-state index in [1.165, 1.54) is 28.4 Å². The quantitative estimate of drug-likeness (QED) is 0.656. The van der Waals surface area contributed by atoms with E-state index in [0.717, 1.165) is 6.54 Å². The van der Waals surface area contributed by atoms with E-state index in [1.807, 2.05) is 0 Å². The van der Waals surface area contributed by atoms with Crippen LogP contribution in [0.1, 0.15) is 24.0 Å². The molecular weight excluding hydrogens is 226 g/mol. The molecule has 13 heavy (non-hydrogen) atoms. The molecule has 0 saturated heterocycles. The van der Waals surface area contributed by atoms with E-state index in [4.69, 9.17) is 0 Å². The van der Waals surface area contributed by atoms with Crippen molar-refractivity contribution >= 4 is 22.1 Å². The summed E-state index contributed by atoms with van der Waals surface area (Å²) in [5.74, 6) is 0. The maximum Gasteiger partial charge on any atom is 0.0639 e. The topological polar surface area (TPSA) is 12.4 Å². The molecule has 0 radical (unpaired) electrons. The number of nitrogens with zero attached hydrogens (tertiary/aromatic N) is 1. The van der Waals surface area contributed by atoms with Gasteiger partial charge in [0, 0.05) is 16.1 Å². The normalized spacial score (nSPS) is 21.6. The molecule has 0 N–H and O–H groups in total. The average Bonchev–Trinajstić information content (AvgIpc) is 2.86. The van der Waals surface area contributed by atoms with Gasteiger partial charge in [-0.1, -0.05) is 28.1 Å². The molecule has 1 aromatic rings. The minimum absolute atomic E-state index is 0.313. The van der Waals surface area contributed by atoms with Crippen LogP contribution < -0.4 is 0 Å². The summed E-state index contributed by atoms with van der Waals surface area (Å²) in [6.07, 6.45) is 4.69. The van der Waals surface area contributed by atoms with Gasteiger partial charge in [-0.2, -0.15) is 0 Å². The van der Waals surface area contributed by atoms with Crippen molar-refractivity contribution in [2.75, 3.05) is 0 Å². The Hall–Kier alpha value is -0.630. The molecule has 0 atom stereocenters. The van der Waals surface area contributed by atoms with Gasteiger partial charge in [-0.25, -0.2) is 0 Å². The predicted octanol–water partition coefficient (Wildman–Crippen LogP) is 3.07. The summed E-state index contributed by atoms with van der Waals surface area (Å²) >= 11 is 3.64. The van der Waals surface area contributed by atoms with E-state index in [-0.39, 0.29) is 0 Å².